The van der Waals surface area contributed by atoms with Crippen molar-refractivity contribution in [3.8, 4) is 11.5 Å². The van der Waals surface area contributed by atoms with Crippen LogP contribution in [0, 0.1) is 6.92 Å². The number of carbonyl (C=O) groups is 1. The summed E-state index contributed by atoms with van der Waals surface area (Å²) in [5, 5.41) is 0.613. The number of hydrogen-bond acceptors (Lipinski definition) is 3. The number of benzene rings is 2. The van der Waals surface area contributed by atoms with Gasteiger partial charge in [-0.15, -0.1) is 0 Å². The van der Waals surface area contributed by atoms with Gasteiger partial charge in [0.15, 0.2) is 5.78 Å². The second-order valence-electron chi connectivity index (χ2n) is 4.39. The highest BCUT2D eigenvalue weighted by Gasteiger charge is 2.14. The van der Waals surface area contributed by atoms with E-state index < -0.39 is 0 Å². The maximum Gasteiger partial charge on any atom is 0.193 e. The average Bonchev–Trinajstić information content (AvgIpc) is 2.46. The Morgan fingerprint density at radius 3 is 2.10 bits per heavy atom. The van der Waals surface area contributed by atoms with E-state index in [1.807, 2.05) is 6.92 Å². The molecule has 2 rings (SSSR count). The highest BCUT2D eigenvalue weighted by atomic mass is 35.5. The van der Waals surface area contributed by atoms with Gasteiger partial charge in [-0.05, 0) is 42.8 Å². The lowest BCUT2D eigenvalue weighted by Crippen LogP contribution is -2.04. The number of methoxy groups -OCH3 is 2. The van der Waals surface area contributed by atoms with E-state index in [-0.39, 0.29) is 5.78 Å². The van der Waals surface area contributed by atoms with Crippen molar-refractivity contribution in [2.75, 3.05) is 14.2 Å². The Labute approximate surface area is 123 Å². The molecule has 0 unspecified atom stereocenters. The van der Waals surface area contributed by atoms with Gasteiger partial charge < -0.3 is 9.47 Å². The maximum atomic E-state index is 12.6. The van der Waals surface area contributed by atoms with E-state index in [1.54, 1.807) is 50.6 Å². The standard InChI is InChI=1S/C16H15ClO3/c1-10-6-12(17)4-5-15(10)16(18)11-7-13(19-2)9-14(8-11)20-3/h4-9H,1-3H3. The van der Waals surface area contributed by atoms with Crippen molar-refractivity contribution in [2.45, 2.75) is 6.92 Å². The number of halogens is 1. The molecule has 0 heterocycles. The average molecular weight is 291 g/mol. The maximum absolute atomic E-state index is 12.6. The number of ether oxygens (including phenoxy) is 2. The van der Waals surface area contributed by atoms with Crippen molar-refractivity contribution in [2.24, 2.45) is 0 Å². The molecule has 0 bridgehead atoms. The van der Waals surface area contributed by atoms with Gasteiger partial charge >= 0.3 is 0 Å². The lowest BCUT2D eigenvalue weighted by molar-refractivity contribution is 0.103. The molecular formula is C16H15ClO3. The predicted octanol–water partition coefficient (Wildman–Crippen LogP) is 3.90. The van der Waals surface area contributed by atoms with Crippen molar-refractivity contribution < 1.29 is 14.3 Å². The molecule has 0 fully saturated rings. The van der Waals surface area contributed by atoms with Gasteiger partial charge in [0.1, 0.15) is 11.5 Å². The van der Waals surface area contributed by atoms with Crippen LogP contribution in [0.3, 0.4) is 0 Å². The van der Waals surface area contributed by atoms with Crippen molar-refractivity contribution in [3.05, 3.63) is 58.1 Å². The van der Waals surface area contributed by atoms with Crippen LogP contribution in [0.5, 0.6) is 11.5 Å². The minimum atomic E-state index is -0.0867. The molecule has 0 saturated carbocycles. The van der Waals surface area contributed by atoms with Gasteiger partial charge in [0.2, 0.25) is 0 Å². The lowest BCUT2D eigenvalue weighted by atomic mass is 9.99. The van der Waals surface area contributed by atoms with Crippen LogP contribution in [0.1, 0.15) is 21.5 Å². The number of carbonyl (C=O) groups excluding carboxylic acids is 1. The van der Waals surface area contributed by atoms with E-state index in [0.717, 1.165) is 5.56 Å². The SMILES string of the molecule is COc1cc(OC)cc(C(=O)c2ccc(Cl)cc2C)c1. The minimum absolute atomic E-state index is 0.0867. The normalized spacial score (nSPS) is 10.2. The summed E-state index contributed by atoms with van der Waals surface area (Å²) in [5.74, 6) is 1.08. The Balaban J connectivity index is 2.47. The fourth-order valence-electron chi connectivity index (χ4n) is 1.98. The summed E-state index contributed by atoms with van der Waals surface area (Å²) in [6, 6.07) is 10.3. The minimum Gasteiger partial charge on any atom is -0.497 e. The summed E-state index contributed by atoms with van der Waals surface area (Å²) in [5.41, 5.74) is 1.97. The first kappa shape index (κ1) is 14.4. The van der Waals surface area contributed by atoms with Gasteiger partial charge in [-0.1, -0.05) is 11.6 Å². The molecule has 2 aromatic carbocycles. The van der Waals surface area contributed by atoms with E-state index in [4.69, 9.17) is 21.1 Å². The molecule has 2 aromatic rings. The Bertz CT molecular complexity index is 628. The first-order valence-electron chi connectivity index (χ1n) is 6.09. The summed E-state index contributed by atoms with van der Waals surface area (Å²) < 4.78 is 10.4. The van der Waals surface area contributed by atoms with Gasteiger partial charge in [-0.2, -0.15) is 0 Å². The summed E-state index contributed by atoms with van der Waals surface area (Å²) in [7, 11) is 3.10. The second kappa shape index (κ2) is 5.97. The molecule has 0 spiro atoms. The first-order chi connectivity index (χ1) is 9.55. The Hall–Kier alpha value is -2.00. The molecule has 4 heteroatoms. The zero-order valence-electron chi connectivity index (χ0n) is 11.6. The molecule has 0 aliphatic heterocycles. The Morgan fingerprint density at radius 2 is 1.60 bits per heavy atom. The molecule has 0 aromatic heterocycles. The molecule has 0 amide bonds. The van der Waals surface area contributed by atoms with Gasteiger partial charge in [0, 0.05) is 22.2 Å². The zero-order valence-corrected chi connectivity index (χ0v) is 12.3. The zero-order chi connectivity index (χ0) is 14.7. The van der Waals surface area contributed by atoms with Crippen LogP contribution >= 0.6 is 11.6 Å². The third-order valence-electron chi connectivity index (χ3n) is 3.05. The fourth-order valence-corrected chi connectivity index (χ4v) is 2.20. The topological polar surface area (TPSA) is 35.5 Å². The van der Waals surface area contributed by atoms with Crippen LogP contribution in [0.4, 0.5) is 0 Å². The monoisotopic (exact) mass is 290 g/mol. The molecule has 3 nitrogen and oxygen atoms in total. The fraction of sp³-hybridized carbons (Fsp3) is 0.188. The van der Waals surface area contributed by atoms with Crippen LogP contribution in [-0.2, 0) is 0 Å². The molecule has 0 N–H and O–H groups in total. The second-order valence-corrected chi connectivity index (χ2v) is 4.83. The smallest absolute Gasteiger partial charge is 0.193 e. The van der Waals surface area contributed by atoms with Crippen molar-refractivity contribution in [1.29, 1.82) is 0 Å². The summed E-state index contributed by atoms with van der Waals surface area (Å²) in [6.45, 7) is 1.86. The predicted molar refractivity (Wildman–Crippen MR) is 79.2 cm³/mol. The van der Waals surface area contributed by atoms with Crippen LogP contribution in [-0.4, -0.2) is 20.0 Å². The number of ketones is 1. The van der Waals surface area contributed by atoms with E-state index >= 15 is 0 Å². The van der Waals surface area contributed by atoms with E-state index in [2.05, 4.69) is 0 Å². The van der Waals surface area contributed by atoms with Crippen molar-refractivity contribution >= 4 is 17.4 Å². The quantitative estimate of drug-likeness (QED) is 0.801. The summed E-state index contributed by atoms with van der Waals surface area (Å²) in [6.07, 6.45) is 0. The number of hydrogen-bond donors (Lipinski definition) is 0. The lowest BCUT2D eigenvalue weighted by Gasteiger charge is -2.09. The van der Waals surface area contributed by atoms with Crippen molar-refractivity contribution in [3.63, 3.8) is 0 Å². The van der Waals surface area contributed by atoms with Crippen LogP contribution in [0.2, 0.25) is 5.02 Å². The number of aryl methyl sites for hydroxylation is 1. The Morgan fingerprint density at radius 1 is 1.00 bits per heavy atom. The largest absolute Gasteiger partial charge is 0.497 e. The molecule has 0 saturated heterocycles. The van der Waals surface area contributed by atoms with Crippen LogP contribution < -0.4 is 9.47 Å². The molecule has 20 heavy (non-hydrogen) atoms. The van der Waals surface area contributed by atoms with Crippen LogP contribution in [0.25, 0.3) is 0 Å². The molecule has 0 aliphatic rings. The van der Waals surface area contributed by atoms with Crippen molar-refractivity contribution in [1.82, 2.24) is 0 Å². The molecular weight excluding hydrogens is 276 g/mol. The third-order valence-corrected chi connectivity index (χ3v) is 3.28. The molecule has 104 valence electrons. The van der Waals surface area contributed by atoms with Gasteiger partial charge in [0.25, 0.3) is 0 Å². The van der Waals surface area contributed by atoms with Gasteiger partial charge in [-0.25, -0.2) is 0 Å². The highest BCUT2D eigenvalue weighted by Crippen LogP contribution is 2.25. The highest BCUT2D eigenvalue weighted by molar-refractivity contribution is 6.30. The van der Waals surface area contributed by atoms with Gasteiger partial charge in [0.05, 0.1) is 14.2 Å². The molecule has 0 radical (unpaired) electrons. The third kappa shape index (κ3) is 2.94. The molecule has 0 atom stereocenters. The van der Waals surface area contributed by atoms with E-state index in [0.29, 0.717) is 27.6 Å². The van der Waals surface area contributed by atoms with E-state index in [1.165, 1.54) is 0 Å². The summed E-state index contributed by atoms with van der Waals surface area (Å²) in [4.78, 5) is 12.6. The first-order valence-corrected chi connectivity index (χ1v) is 6.47. The summed E-state index contributed by atoms with van der Waals surface area (Å²) >= 11 is 5.91. The Kier molecular flexibility index (Phi) is 4.30. The van der Waals surface area contributed by atoms with Gasteiger partial charge in [-0.3, -0.25) is 4.79 Å². The number of rotatable bonds is 4. The van der Waals surface area contributed by atoms with Crippen LogP contribution in [0.15, 0.2) is 36.4 Å². The van der Waals surface area contributed by atoms with E-state index in [9.17, 15) is 4.79 Å². The molecule has 0 aliphatic carbocycles.